The van der Waals surface area contributed by atoms with Gasteiger partial charge in [0.15, 0.2) is 0 Å². The van der Waals surface area contributed by atoms with E-state index in [-0.39, 0.29) is 0 Å². The van der Waals surface area contributed by atoms with E-state index < -0.39 is 0 Å². The Kier molecular flexibility index (Phi) is 4.64. The van der Waals surface area contributed by atoms with Crippen molar-refractivity contribution in [2.45, 2.75) is 0 Å². The summed E-state index contributed by atoms with van der Waals surface area (Å²) in [5.41, 5.74) is 1.04. The molecule has 1 aromatic rings. The van der Waals surface area contributed by atoms with Gasteiger partial charge in [-0.25, -0.2) is 0 Å². The number of benzene rings is 1. The van der Waals surface area contributed by atoms with Crippen LogP contribution in [0.15, 0.2) is 24.3 Å². The largest absolute Gasteiger partial charge is 0.490 e. The van der Waals surface area contributed by atoms with Crippen LogP contribution in [0.25, 0.3) is 0 Å². The van der Waals surface area contributed by atoms with Crippen LogP contribution in [0.2, 0.25) is 0 Å². The van der Waals surface area contributed by atoms with Crippen LogP contribution in [0.1, 0.15) is 0 Å². The molecule has 0 spiro atoms. The van der Waals surface area contributed by atoms with Crippen molar-refractivity contribution in [1.82, 2.24) is 4.90 Å². The van der Waals surface area contributed by atoms with E-state index in [1.165, 1.54) is 0 Å². The van der Waals surface area contributed by atoms with Gasteiger partial charge < -0.3 is 14.8 Å². The molecule has 0 aromatic heterocycles. The maximum atomic E-state index is 5.79. The van der Waals surface area contributed by atoms with Gasteiger partial charge in [0, 0.05) is 26.7 Å². The molecule has 2 rings (SSSR count). The molecule has 1 aliphatic heterocycles. The molecule has 0 radical (unpaired) electrons. The molecule has 0 atom stereocenters. The lowest BCUT2D eigenvalue weighted by molar-refractivity contribution is 0.0323. The van der Waals surface area contributed by atoms with Crippen molar-refractivity contribution in [1.29, 1.82) is 0 Å². The van der Waals surface area contributed by atoms with E-state index in [0.29, 0.717) is 0 Å². The zero-order chi connectivity index (χ0) is 11.9. The van der Waals surface area contributed by atoms with E-state index in [4.69, 9.17) is 9.47 Å². The molecule has 1 aromatic carbocycles. The molecule has 1 N–H and O–H groups in total. The minimum absolute atomic E-state index is 0.721. The molecule has 0 amide bonds. The van der Waals surface area contributed by atoms with Crippen LogP contribution in [0.4, 0.5) is 5.69 Å². The quantitative estimate of drug-likeness (QED) is 0.838. The van der Waals surface area contributed by atoms with Crippen LogP contribution in [-0.4, -0.2) is 51.4 Å². The standard InChI is InChI=1S/C13H20N2O2/c1-14-12-4-2-3-5-13(12)17-11-8-15-6-9-16-10-7-15/h2-5,14H,6-11H2,1H3. The molecule has 1 fully saturated rings. The molecule has 0 saturated carbocycles. The molecule has 0 aliphatic carbocycles. The third-order valence-electron chi connectivity index (χ3n) is 2.93. The third-order valence-corrected chi connectivity index (χ3v) is 2.93. The van der Waals surface area contributed by atoms with Gasteiger partial charge in [0.2, 0.25) is 0 Å². The second-order valence-electron chi connectivity index (χ2n) is 4.05. The molecule has 1 aliphatic rings. The topological polar surface area (TPSA) is 33.7 Å². The summed E-state index contributed by atoms with van der Waals surface area (Å²) in [7, 11) is 1.91. The van der Waals surface area contributed by atoms with E-state index in [2.05, 4.69) is 10.2 Å². The highest BCUT2D eigenvalue weighted by molar-refractivity contribution is 5.55. The van der Waals surface area contributed by atoms with E-state index in [0.717, 1.165) is 50.9 Å². The Morgan fingerprint density at radius 1 is 1.29 bits per heavy atom. The molecule has 17 heavy (non-hydrogen) atoms. The van der Waals surface area contributed by atoms with Gasteiger partial charge in [-0.05, 0) is 12.1 Å². The summed E-state index contributed by atoms with van der Waals surface area (Å²) in [6, 6.07) is 8.00. The Bertz CT molecular complexity index is 338. The Hall–Kier alpha value is -1.26. The molecule has 1 heterocycles. The highest BCUT2D eigenvalue weighted by atomic mass is 16.5. The number of ether oxygens (including phenoxy) is 2. The van der Waals surface area contributed by atoms with Gasteiger partial charge in [-0.15, -0.1) is 0 Å². The van der Waals surface area contributed by atoms with Gasteiger partial charge >= 0.3 is 0 Å². The number of rotatable bonds is 5. The monoisotopic (exact) mass is 236 g/mol. The highest BCUT2D eigenvalue weighted by Gasteiger charge is 2.10. The predicted molar refractivity (Wildman–Crippen MR) is 68.7 cm³/mol. The summed E-state index contributed by atoms with van der Waals surface area (Å²) in [6.45, 7) is 5.38. The lowest BCUT2D eigenvalue weighted by Crippen LogP contribution is -2.38. The first kappa shape index (κ1) is 12.2. The minimum Gasteiger partial charge on any atom is -0.490 e. The van der Waals surface area contributed by atoms with Crippen LogP contribution >= 0.6 is 0 Å². The van der Waals surface area contributed by atoms with Crippen molar-refractivity contribution < 1.29 is 9.47 Å². The summed E-state index contributed by atoms with van der Waals surface area (Å²) in [4.78, 5) is 2.37. The fourth-order valence-corrected chi connectivity index (χ4v) is 1.91. The zero-order valence-electron chi connectivity index (χ0n) is 10.3. The Morgan fingerprint density at radius 2 is 2.06 bits per heavy atom. The van der Waals surface area contributed by atoms with E-state index in [9.17, 15) is 0 Å². The minimum atomic E-state index is 0.721. The second-order valence-corrected chi connectivity index (χ2v) is 4.05. The first-order valence-electron chi connectivity index (χ1n) is 6.10. The van der Waals surface area contributed by atoms with E-state index in [1.807, 2.05) is 31.3 Å². The first-order chi connectivity index (χ1) is 8.40. The van der Waals surface area contributed by atoms with Crippen molar-refractivity contribution >= 4 is 5.69 Å². The molecule has 0 unspecified atom stereocenters. The summed E-state index contributed by atoms with van der Waals surface area (Å²) in [5.74, 6) is 0.920. The molecule has 0 bridgehead atoms. The maximum Gasteiger partial charge on any atom is 0.142 e. The van der Waals surface area contributed by atoms with Crippen LogP contribution in [-0.2, 0) is 4.74 Å². The normalized spacial score (nSPS) is 16.8. The number of hydrogen-bond donors (Lipinski definition) is 1. The van der Waals surface area contributed by atoms with Crippen molar-refractivity contribution in [2.75, 3.05) is 51.8 Å². The average Bonchev–Trinajstić information content (AvgIpc) is 2.40. The molecular formula is C13H20N2O2. The number of hydrogen-bond acceptors (Lipinski definition) is 4. The van der Waals surface area contributed by atoms with Crippen LogP contribution in [0, 0.1) is 0 Å². The second kappa shape index (κ2) is 6.47. The molecule has 4 nitrogen and oxygen atoms in total. The summed E-state index contributed by atoms with van der Waals surface area (Å²) >= 11 is 0. The number of para-hydroxylation sites is 2. The number of nitrogens with zero attached hydrogens (tertiary/aromatic N) is 1. The van der Waals surface area contributed by atoms with E-state index >= 15 is 0 Å². The lowest BCUT2D eigenvalue weighted by Gasteiger charge is -2.26. The molecule has 1 saturated heterocycles. The fraction of sp³-hybridized carbons (Fsp3) is 0.538. The van der Waals surface area contributed by atoms with Gasteiger partial charge in [-0.3, -0.25) is 4.90 Å². The van der Waals surface area contributed by atoms with Crippen molar-refractivity contribution in [3.05, 3.63) is 24.3 Å². The van der Waals surface area contributed by atoms with Crippen LogP contribution in [0.5, 0.6) is 5.75 Å². The fourth-order valence-electron chi connectivity index (χ4n) is 1.91. The maximum absolute atomic E-state index is 5.79. The van der Waals surface area contributed by atoms with Gasteiger partial charge in [0.25, 0.3) is 0 Å². The van der Waals surface area contributed by atoms with Crippen LogP contribution in [0.3, 0.4) is 0 Å². The molecule has 94 valence electrons. The Labute approximate surface area is 103 Å². The summed E-state index contributed by atoms with van der Waals surface area (Å²) < 4.78 is 11.1. The summed E-state index contributed by atoms with van der Waals surface area (Å²) in [6.07, 6.45) is 0. The Morgan fingerprint density at radius 3 is 2.82 bits per heavy atom. The summed E-state index contributed by atoms with van der Waals surface area (Å²) in [5, 5.41) is 3.13. The first-order valence-corrected chi connectivity index (χ1v) is 6.10. The predicted octanol–water partition coefficient (Wildman–Crippen LogP) is 1.44. The van der Waals surface area contributed by atoms with Crippen molar-refractivity contribution in [3.8, 4) is 5.75 Å². The van der Waals surface area contributed by atoms with Crippen molar-refractivity contribution in [2.24, 2.45) is 0 Å². The molecule has 4 heteroatoms. The number of nitrogens with one attached hydrogen (secondary N) is 1. The smallest absolute Gasteiger partial charge is 0.142 e. The SMILES string of the molecule is CNc1ccccc1OCCN1CCOCC1. The van der Waals surface area contributed by atoms with Crippen LogP contribution < -0.4 is 10.1 Å². The van der Waals surface area contributed by atoms with Gasteiger partial charge in [-0.2, -0.15) is 0 Å². The molecular weight excluding hydrogens is 216 g/mol. The highest BCUT2D eigenvalue weighted by Crippen LogP contribution is 2.22. The van der Waals surface area contributed by atoms with Gasteiger partial charge in [0.1, 0.15) is 12.4 Å². The third kappa shape index (κ3) is 3.61. The zero-order valence-corrected chi connectivity index (χ0v) is 10.3. The van der Waals surface area contributed by atoms with E-state index in [1.54, 1.807) is 0 Å². The number of anilines is 1. The van der Waals surface area contributed by atoms with Crippen molar-refractivity contribution in [3.63, 3.8) is 0 Å². The average molecular weight is 236 g/mol. The van der Waals surface area contributed by atoms with Gasteiger partial charge in [-0.1, -0.05) is 12.1 Å². The number of morpholine rings is 1. The van der Waals surface area contributed by atoms with Gasteiger partial charge in [0.05, 0.1) is 18.9 Å². The lowest BCUT2D eigenvalue weighted by atomic mass is 10.3. The Balaban J connectivity index is 1.77.